The third-order valence-corrected chi connectivity index (χ3v) is 3.46. The van der Waals surface area contributed by atoms with Gasteiger partial charge in [0.25, 0.3) is 0 Å². The van der Waals surface area contributed by atoms with Gasteiger partial charge in [0.15, 0.2) is 0 Å². The minimum Gasteiger partial charge on any atom is -0.378 e. The van der Waals surface area contributed by atoms with Gasteiger partial charge in [0, 0.05) is 6.61 Å². The third-order valence-electron chi connectivity index (χ3n) is 2.72. The van der Waals surface area contributed by atoms with E-state index in [0.717, 1.165) is 19.4 Å². The molecule has 1 heterocycles. The SMILES string of the molecule is Clc1ccc(C[C@H]2CCCCO2)cc1Cl. The molecular weight excluding hydrogens is 231 g/mol. The van der Waals surface area contributed by atoms with E-state index >= 15 is 0 Å². The zero-order valence-electron chi connectivity index (χ0n) is 8.51. The number of benzene rings is 1. The maximum atomic E-state index is 5.96. The van der Waals surface area contributed by atoms with Crippen molar-refractivity contribution in [1.29, 1.82) is 0 Å². The summed E-state index contributed by atoms with van der Waals surface area (Å²) in [7, 11) is 0. The van der Waals surface area contributed by atoms with Crippen LogP contribution in [0.3, 0.4) is 0 Å². The Balaban J connectivity index is 2.00. The standard InChI is InChI=1S/C12H14Cl2O/c13-11-5-4-9(8-12(11)14)7-10-3-1-2-6-15-10/h4-5,8,10H,1-3,6-7H2/t10-/m1/s1. The van der Waals surface area contributed by atoms with Crippen LogP contribution in [0.5, 0.6) is 0 Å². The van der Waals surface area contributed by atoms with Crippen LogP contribution in [-0.2, 0) is 11.2 Å². The van der Waals surface area contributed by atoms with E-state index in [-0.39, 0.29) is 0 Å². The van der Waals surface area contributed by atoms with Crippen LogP contribution in [0.15, 0.2) is 18.2 Å². The zero-order valence-corrected chi connectivity index (χ0v) is 10.0. The highest BCUT2D eigenvalue weighted by atomic mass is 35.5. The average Bonchev–Trinajstić information content (AvgIpc) is 2.25. The van der Waals surface area contributed by atoms with E-state index in [4.69, 9.17) is 27.9 Å². The van der Waals surface area contributed by atoms with Crippen molar-refractivity contribution in [2.45, 2.75) is 31.8 Å². The Morgan fingerprint density at radius 3 is 2.73 bits per heavy atom. The molecule has 0 aromatic heterocycles. The van der Waals surface area contributed by atoms with Gasteiger partial charge in [0.05, 0.1) is 16.1 Å². The molecular formula is C12H14Cl2O. The van der Waals surface area contributed by atoms with Crippen molar-refractivity contribution < 1.29 is 4.74 Å². The van der Waals surface area contributed by atoms with E-state index in [1.54, 1.807) is 0 Å². The van der Waals surface area contributed by atoms with Crippen LogP contribution >= 0.6 is 23.2 Å². The molecule has 1 aromatic rings. The van der Waals surface area contributed by atoms with Gasteiger partial charge in [-0.25, -0.2) is 0 Å². The summed E-state index contributed by atoms with van der Waals surface area (Å²) in [6.07, 6.45) is 4.91. The fraction of sp³-hybridized carbons (Fsp3) is 0.500. The Hall–Kier alpha value is -0.240. The Kier molecular flexibility index (Phi) is 3.90. The van der Waals surface area contributed by atoms with Gasteiger partial charge in [0.2, 0.25) is 0 Å². The van der Waals surface area contributed by atoms with Gasteiger partial charge in [-0.05, 0) is 43.4 Å². The van der Waals surface area contributed by atoms with Crippen molar-refractivity contribution >= 4 is 23.2 Å². The number of rotatable bonds is 2. The summed E-state index contributed by atoms with van der Waals surface area (Å²) in [5.41, 5.74) is 1.20. The smallest absolute Gasteiger partial charge is 0.0615 e. The minimum atomic E-state index is 0.357. The van der Waals surface area contributed by atoms with Gasteiger partial charge < -0.3 is 4.74 Å². The first kappa shape index (κ1) is 11.3. The monoisotopic (exact) mass is 244 g/mol. The lowest BCUT2D eigenvalue weighted by Gasteiger charge is -2.22. The molecule has 0 N–H and O–H groups in total. The second kappa shape index (κ2) is 5.20. The van der Waals surface area contributed by atoms with E-state index < -0.39 is 0 Å². The molecule has 0 radical (unpaired) electrons. The predicted octanol–water partition coefficient (Wildman–Crippen LogP) is 4.11. The molecule has 1 aromatic carbocycles. The van der Waals surface area contributed by atoms with Crippen LogP contribution in [-0.4, -0.2) is 12.7 Å². The van der Waals surface area contributed by atoms with Crippen molar-refractivity contribution in [3.05, 3.63) is 33.8 Å². The van der Waals surface area contributed by atoms with Crippen molar-refractivity contribution in [1.82, 2.24) is 0 Å². The molecule has 1 atom stereocenters. The lowest BCUT2D eigenvalue weighted by Crippen LogP contribution is -2.21. The van der Waals surface area contributed by atoms with Gasteiger partial charge in [-0.2, -0.15) is 0 Å². The molecule has 0 spiro atoms. The summed E-state index contributed by atoms with van der Waals surface area (Å²) in [4.78, 5) is 0. The molecule has 1 saturated heterocycles. The Bertz CT molecular complexity index is 332. The fourth-order valence-electron chi connectivity index (χ4n) is 1.90. The first-order valence-electron chi connectivity index (χ1n) is 5.31. The lowest BCUT2D eigenvalue weighted by molar-refractivity contribution is 0.0168. The molecule has 15 heavy (non-hydrogen) atoms. The van der Waals surface area contributed by atoms with Crippen molar-refractivity contribution in [2.24, 2.45) is 0 Å². The van der Waals surface area contributed by atoms with Gasteiger partial charge in [-0.3, -0.25) is 0 Å². The molecule has 1 fully saturated rings. The van der Waals surface area contributed by atoms with E-state index in [9.17, 15) is 0 Å². The topological polar surface area (TPSA) is 9.23 Å². The van der Waals surface area contributed by atoms with Crippen LogP contribution in [0.25, 0.3) is 0 Å². The number of hydrogen-bond donors (Lipinski definition) is 0. The Labute approximate surface area is 100 Å². The van der Waals surface area contributed by atoms with Crippen molar-refractivity contribution in [3.63, 3.8) is 0 Å². The van der Waals surface area contributed by atoms with E-state index in [1.165, 1.54) is 18.4 Å². The van der Waals surface area contributed by atoms with Crippen molar-refractivity contribution in [3.8, 4) is 0 Å². The quantitative estimate of drug-likeness (QED) is 0.762. The molecule has 0 amide bonds. The summed E-state index contributed by atoms with van der Waals surface area (Å²) in [6.45, 7) is 0.895. The number of hydrogen-bond acceptors (Lipinski definition) is 1. The molecule has 0 saturated carbocycles. The Morgan fingerprint density at radius 2 is 2.07 bits per heavy atom. The van der Waals surface area contributed by atoms with Crippen LogP contribution in [0.2, 0.25) is 10.0 Å². The molecule has 0 aliphatic carbocycles. The van der Waals surface area contributed by atoms with E-state index in [2.05, 4.69) is 0 Å². The van der Waals surface area contributed by atoms with E-state index in [0.29, 0.717) is 16.1 Å². The summed E-state index contributed by atoms with van der Waals surface area (Å²) in [6, 6.07) is 5.80. The van der Waals surface area contributed by atoms with Gasteiger partial charge in [-0.15, -0.1) is 0 Å². The maximum Gasteiger partial charge on any atom is 0.0615 e. The van der Waals surface area contributed by atoms with Crippen LogP contribution in [0, 0.1) is 0 Å². The predicted molar refractivity (Wildman–Crippen MR) is 63.8 cm³/mol. The normalized spacial score (nSPS) is 21.6. The molecule has 0 bridgehead atoms. The summed E-state index contributed by atoms with van der Waals surface area (Å²) >= 11 is 11.8. The number of halogens is 2. The van der Waals surface area contributed by atoms with Gasteiger partial charge in [-0.1, -0.05) is 29.3 Å². The zero-order chi connectivity index (χ0) is 10.7. The summed E-state index contributed by atoms with van der Waals surface area (Å²) in [5, 5.41) is 1.25. The first-order chi connectivity index (χ1) is 7.25. The third kappa shape index (κ3) is 3.10. The molecule has 3 heteroatoms. The lowest BCUT2D eigenvalue weighted by atomic mass is 10.0. The minimum absolute atomic E-state index is 0.357. The summed E-state index contributed by atoms with van der Waals surface area (Å²) < 4.78 is 5.68. The molecule has 2 rings (SSSR count). The largest absolute Gasteiger partial charge is 0.378 e. The Morgan fingerprint density at radius 1 is 1.20 bits per heavy atom. The van der Waals surface area contributed by atoms with E-state index in [1.807, 2.05) is 18.2 Å². The van der Waals surface area contributed by atoms with Gasteiger partial charge in [0.1, 0.15) is 0 Å². The molecule has 0 unspecified atom stereocenters. The highest BCUT2D eigenvalue weighted by molar-refractivity contribution is 6.42. The number of ether oxygens (including phenoxy) is 1. The second-order valence-electron chi connectivity index (χ2n) is 3.94. The fourth-order valence-corrected chi connectivity index (χ4v) is 2.22. The first-order valence-corrected chi connectivity index (χ1v) is 6.07. The van der Waals surface area contributed by atoms with Gasteiger partial charge >= 0.3 is 0 Å². The van der Waals surface area contributed by atoms with Crippen LogP contribution < -0.4 is 0 Å². The molecule has 1 aliphatic rings. The molecule has 82 valence electrons. The van der Waals surface area contributed by atoms with Crippen LogP contribution in [0.4, 0.5) is 0 Å². The van der Waals surface area contributed by atoms with Crippen molar-refractivity contribution in [2.75, 3.05) is 6.61 Å². The highest BCUT2D eigenvalue weighted by Gasteiger charge is 2.14. The average molecular weight is 245 g/mol. The molecule has 1 nitrogen and oxygen atoms in total. The maximum absolute atomic E-state index is 5.96. The molecule has 1 aliphatic heterocycles. The summed E-state index contributed by atoms with van der Waals surface area (Å²) in [5.74, 6) is 0. The highest BCUT2D eigenvalue weighted by Crippen LogP contribution is 2.24. The van der Waals surface area contributed by atoms with Crippen LogP contribution in [0.1, 0.15) is 24.8 Å². The second-order valence-corrected chi connectivity index (χ2v) is 4.76.